The summed E-state index contributed by atoms with van der Waals surface area (Å²) in [6.45, 7) is 0.0265. The first-order valence-corrected chi connectivity index (χ1v) is 5.26. The van der Waals surface area contributed by atoms with E-state index in [1.807, 2.05) is 0 Å². The van der Waals surface area contributed by atoms with Crippen molar-refractivity contribution < 1.29 is 19.2 Å². The zero-order valence-electron chi connectivity index (χ0n) is 7.46. The van der Waals surface area contributed by atoms with Crippen LogP contribution >= 0.6 is 27.5 Å². The van der Waals surface area contributed by atoms with E-state index < -0.39 is 11.8 Å². The van der Waals surface area contributed by atoms with Gasteiger partial charge in [-0.1, -0.05) is 21.1 Å². The Labute approximate surface area is 94.5 Å². The first kappa shape index (κ1) is 13.4. The number of hydrogen-bond donors (Lipinski definition) is 0. The standard InChI is InChI=1S/C7H9BrClNO4/c1-13-10-6(5(11)4-8)7(12)14-3-2-9/h2-4H2,1H3/b10-6-. The van der Waals surface area contributed by atoms with Gasteiger partial charge in [0.25, 0.3) is 0 Å². The highest BCUT2D eigenvalue weighted by molar-refractivity contribution is 9.09. The molecule has 7 heteroatoms. The number of carbonyl (C=O) groups excluding carboxylic acids is 2. The van der Waals surface area contributed by atoms with Crippen molar-refractivity contribution in [3.05, 3.63) is 0 Å². The van der Waals surface area contributed by atoms with Crippen LogP contribution in [-0.2, 0) is 19.2 Å². The molecule has 0 spiro atoms. The highest BCUT2D eigenvalue weighted by Crippen LogP contribution is 1.93. The molecular formula is C7H9BrClNO4. The fourth-order valence-corrected chi connectivity index (χ4v) is 0.899. The molecule has 0 radical (unpaired) electrons. The molecule has 0 unspecified atom stereocenters. The van der Waals surface area contributed by atoms with Crippen LogP contribution in [0.25, 0.3) is 0 Å². The van der Waals surface area contributed by atoms with Gasteiger partial charge in [-0.05, 0) is 0 Å². The number of ketones is 1. The van der Waals surface area contributed by atoms with Crippen LogP contribution in [0.3, 0.4) is 0 Å². The average Bonchev–Trinajstić information content (AvgIpc) is 2.21. The van der Waals surface area contributed by atoms with Gasteiger partial charge < -0.3 is 9.57 Å². The second kappa shape index (κ2) is 7.75. The number of oxime groups is 1. The molecule has 0 amide bonds. The highest BCUT2D eigenvalue weighted by Gasteiger charge is 2.21. The van der Waals surface area contributed by atoms with Crippen LogP contribution in [0.1, 0.15) is 0 Å². The molecule has 14 heavy (non-hydrogen) atoms. The number of ether oxygens (including phenoxy) is 1. The van der Waals surface area contributed by atoms with Crippen LogP contribution in [0.5, 0.6) is 0 Å². The molecule has 0 heterocycles. The quantitative estimate of drug-likeness (QED) is 0.237. The monoisotopic (exact) mass is 285 g/mol. The third kappa shape index (κ3) is 4.57. The minimum absolute atomic E-state index is 0.0227. The summed E-state index contributed by atoms with van der Waals surface area (Å²) in [5, 5.41) is 3.24. The van der Waals surface area contributed by atoms with Gasteiger partial charge in [0.05, 0.1) is 11.2 Å². The van der Waals surface area contributed by atoms with Crippen LogP contribution in [0, 0.1) is 0 Å². The molecule has 0 saturated heterocycles. The first-order chi connectivity index (χ1) is 6.67. The Morgan fingerprint density at radius 2 is 2.14 bits per heavy atom. The molecule has 0 aliphatic heterocycles. The third-order valence-electron chi connectivity index (χ3n) is 1.07. The number of esters is 1. The lowest BCUT2D eigenvalue weighted by molar-refractivity contribution is -0.135. The Balaban J connectivity index is 4.42. The molecule has 0 atom stereocenters. The predicted molar refractivity (Wildman–Crippen MR) is 54.9 cm³/mol. The van der Waals surface area contributed by atoms with Crippen molar-refractivity contribution in [3.8, 4) is 0 Å². The van der Waals surface area contributed by atoms with E-state index in [0.717, 1.165) is 0 Å². The molecule has 0 rings (SSSR count). The van der Waals surface area contributed by atoms with Gasteiger partial charge in [-0.2, -0.15) is 0 Å². The largest absolute Gasteiger partial charge is 0.460 e. The Morgan fingerprint density at radius 1 is 1.50 bits per heavy atom. The lowest BCUT2D eigenvalue weighted by atomic mass is 10.3. The van der Waals surface area contributed by atoms with Gasteiger partial charge in [0.1, 0.15) is 13.7 Å². The van der Waals surface area contributed by atoms with Crippen molar-refractivity contribution in [2.75, 3.05) is 24.9 Å². The lowest BCUT2D eigenvalue weighted by Gasteiger charge is -2.02. The zero-order chi connectivity index (χ0) is 11.0. The van der Waals surface area contributed by atoms with Crippen LogP contribution in [-0.4, -0.2) is 42.4 Å². The molecule has 5 nitrogen and oxygen atoms in total. The second-order valence-corrected chi connectivity index (χ2v) is 2.94. The van der Waals surface area contributed by atoms with E-state index in [9.17, 15) is 9.59 Å². The van der Waals surface area contributed by atoms with Crippen LogP contribution in [0.15, 0.2) is 5.16 Å². The second-order valence-electron chi connectivity index (χ2n) is 2.00. The van der Waals surface area contributed by atoms with Gasteiger partial charge in [0.15, 0.2) is 0 Å². The van der Waals surface area contributed by atoms with Crippen molar-refractivity contribution in [1.82, 2.24) is 0 Å². The number of carbonyl (C=O) groups is 2. The predicted octanol–water partition coefficient (Wildman–Crippen LogP) is 0.735. The van der Waals surface area contributed by atoms with E-state index in [1.54, 1.807) is 0 Å². The maximum atomic E-state index is 11.2. The molecule has 0 aromatic rings. The Kier molecular flexibility index (Phi) is 7.41. The summed E-state index contributed by atoms with van der Waals surface area (Å²) in [6.07, 6.45) is 0. The van der Waals surface area contributed by atoms with Gasteiger partial charge >= 0.3 is 5.97 Å². The minimum atomic E-state index is -0.836. The van der Waals surface area contributed by atoms with Crippen molar-refractivity contribution in [2.45, 2.75) is 0 Å². The smallest absolute Gasteiger partial charge is 0.364 e. The average molecular weight is 287 g/mol. The normalized spacial score (nSPS) is 10.9. The number of rotatable bonds is 6. The first-order valence-electron chi connectivity index (χ1n) is 3.60. The SMILES string of the molecule is CO/N=C(/C(=O)CBr)C(=O)OCCCl. The summed E-state index contributed by atoms with van der Waals surface area (Å²) in [6, 6.07) is 0. The maximum absolute atomic E-state index is 11.2. The summed E-state index contributed by atoms with van der Waals surface area (Å²) in [7, 11) is 1.23. The van der Waals surface area contributed by atoms with Gasteiger partial charge in [0.2, 0.25) is 11.5 Å². The molecule has 0 bridgehead atoms. The molecule has 80 valence electrons. The fourth-order valence-electron chi connectivity index (χ4n) is 0.556. The maximum Gasteiger partial charge on any atom is 0.364 e. The van der Waals surface area contributed by atoms with E-state index >= 15 is 0 Å². The van der Waals surface area contributed by atoms with Crippen LogP contribution in [0.2, 0.25) is 0 Å². The van der Waals surface area contributed by atoms with Gasteiger partial charge in [0, 0.05) is 0 Å². The number of nitrogens with zero attached hydrogens (tertiary/aromatic N) is 1. The summed E-state index contributed by atoms with van der Waals surface area (Å²) < 4.78 is 4.61. The van der Waals surface area contributed by atoms with E-state index in [-0.39, 0.29) is 23.5 Å². The molecule has 0 fully saturated rings. The Morgan fingerprint density at radius 3 is 2.57 bits per heavy atom. The van der Waals surface area contributed by atoms with Crippen molar-refractivity contribution in [2.24, 2.45) is 5.16 Å². The molecule has 0 N–H and O–H groups in total. The zero-order valence-corrected chi connectivity index (χ0v) is 9.80. The number of alkyl halides is 2. The summed E-state index contributed by atoms with van der Waals surface area (Å²) in [5.74, 6) is -1.18. The molecule has 0 aliphatic carbocycles. The van der Waals surface area contributed by atoms with Gasteiger partial charge in [-0.3, -0.25) is 4.79 Å². The highest BCUT2D eigenvalue weighted by atomic mass is 79.9. The van der Waals surface area contributed by atoms with Crippen LogP contribution in [0.4, 0.5) is 0 Å². The fraction of sp³-hybridized carbons (Fsp3) is 0.571. The number of hydrogen-bond acceptors (Lipinski definition) is 5. The van der Waals surface area contributed by atoms with Gasteiger partial charge in [-0.25, -0.2) is 4.79 Å². The summed E-state index contributed by atoms with van der Waals surface area (Å²) >= 11 is 8.20. The molecule has 0 aliphatic rings. The van der Waals surface area contributed by atoms with Crippen LogP contribution < -0.4 is 0 Å². The topological polar surface area (TPSA) is 65.0 Å². The summed E-state index contributed by atoms with van der Waals surface area (Å²) in [4.78, 5) is 26.6. The molecular weight excluding hydrogens is 277 g/mol. The number of Topliss-reactive ketones (excluding diaryl/α,β-unsaturated/α-hetero) is 1. The minimum Gasteiger partial charge on any atom is -0.460 e. The summed E-state index contributed by atoms with van der Waals surface area (Å²) in [5.41, 5.74) is -0.380. The van der Waals surface area contributed by atoms with E-state index in [4.69, 9.17) is 11.6 Å². The van der Waals surface area contributed by atoms with Gasteiger partial charge in [-0.15, -0.1) is 11.6 Å². The van der Waals surface area contributed by atoms with Crippen molar-refractivity contribution in [3.63, 3.8) is 0 Å². The van der Waals surface area contributed by atoms with Crippen molar-refractivity contribution >= 4 is 45.0 Å². The Bertz CT molecular complexity index is 244. The molecule has 0 aromatic heterocycles. The van der Waals surface area contributed by atoms with E-state index in [1.165, 1.54) is 7.11 Å². The molecule has 0 aromatic carbocycles. The van der Waals surface area contributed by atoms with E-state index in [0.29, 0.717) is 0 Å². The Hall–Kier alpha value is -0.620. The lowest BCUT2D eigenvalue weighted by Crippen LogP contribution is -2.28. The number of halogens is 2. The van der Waals surface area contributed by atoms with E-state index in [2.05, 4.69) is 30.7 Å². The third-order valence-corrected chi connectivity index (χ3v) is 1.74. The van der Waals surface area contributed by atoms with Crippen molar-refractivity contribution in [1.29, 1.82) is 0 Å². The molecule has 0 saturated carbocycles.